The Morgan fingerprint density at radius 1 is 1.50 bits per heavy atom. The molecule has 1 atom stereocenters. The van der Waals surface area contributed by atoms with E-state index in [-0.39, 0.29) is 0 Å². The van der Waals surface area contributed by atoms with Gasteiger partial charge in [0, 0.05) is 14.0 Å². The second-order valence-corrected chi connectivity index (χ2v) is 5.14. The van der Waals surface area contributed by atoms with E-state index in [2.05, 4.69) is 56.7 Å². The van der Waals surface area contributed by atoms with Crippen LogP contribution in [-0.4, -0.2) is 6.61 Å². The molecule has 1 heterocycles. The number of benzene rings is 1. The van der Waals surface area contributed by atoms with Gasteiger partial charge in [0.15, 0.2) is 0 Å². The first-order valence-corrected chi connectivity index (χ1v) is 5.83. The van der Waals surface area contributed by atoms with E-state index in [0.717, 1.165) is 18.8 Å². The number of hydrogen-bond donors (Lipinski definition) is 0. The Balaban J connectivity index is 2.46. The highest BCUT2D eigenvalue weighted by atomic mass is 127. The van der Waals surface area contributed by atoms with Crippen LogP contribution in [0.3, 0.4) is 0 Å². The predicted octanol–water partition coefficient (Wildman–Crippen LogP) is 3.51. The Bertz CT molecular complexity index is 301. The maximum Gasteiger partial charge on any atom is 0.124 e. The summed E-state index contributed by atoms with van der Waals surface area (Å²) in [7, 11) is 0. The second-order valence-electron chi connectivity index (χ2n) is 2.79. The van der Waals surface area contributed by atoms with Crippen LogP contribution < -0.4 is 4.74 Å². The van der Waals surface area contributed by atoms with E-state index in [4.69, 9.17) is 4.74 Å². The molecule has 3 heteroatoms. The summed E-state index contributed by atoms with van der Waals surface area (Å²) in [5, 5.41) is 0. The van der Waals surface area contributed by atoms with E-state index in [0.29, 0.717) is 4.83 Å². The van der Waals surface area contributed by atoms with E-state index in [1.807, 2.05) is 0 Å². The summed E-state index contributed by atoms with van der Waals surface area (Å²) in [6.45, 7) is 0.822. The Morgan fingerprint density at radius 2 is 2.33 bits per heavy atom. The van der Waals surface area contributed by atoms with Crippen molar-refractivity contribution in [3.63, 3.8) is 0 Å². The summed E-state index contributed by atoms with van der Waals surface area (Å²) in [6, 6.07) is 6.33. The minimum absolute atomic E-state index is 0.471. The maximum atomic E-state index is 5.54. The first-order valence-electron chi connectivity index (χ1n) is 3.83. The van der Waals surface area contributed by atoms with E-state index >= 15 is 0 Å². The minimum Gasteiger partial charge on any atom is -0.493 e. The van der Waals surface area contributed by atoms with Crippen molar-refractivity contribution >= 4 is 38.5 Å². The predicted molar refractivity (Wildman–Crippen MR) is 60.9 cm³/mol. The van der Waals surface area contributed by atoms with Gasteiger partial charge in [0.2, 0.25) is 0 Å². The zero-order chi connectivity index (χ0) is 8.55. The molecule has 2 rings (SSSR count). The van der Waals surface area contributed by atoms with Crippen LogP contribution in [0.25, 0.3) is 0 Å². The fourth-order valence-electron chi connectivity index (χ4n) is 1.32. The summed E-state index contributed by atoms with van der Waals surface area (Å²) < 4.78 is 6.77. The van der Waals surface area contributed by atoms with Crippen molar-refractivity contribution in [1.82, 2.24) is 0 Å². The smallest absolute Gasteiger partial charge is 0.124 e. The zero-order valence-electron chi connectivity index (χ0n) is 6.39. The van der Waals surface area contributed by atoms with Crippen LogP contribution in [0.5, 0.6) is 5.75 Å². The highest BCUT2D eigenvalue weighted by Gasteiger charge is 2.18. The Morgan fingerprint density at radius 3 is 3.17 bits per heavy atom. The normalized spacial score (nSPS) is 21.3. The number of hydrogen-bond acceptors (Lipinski definition) is 1. The minimum atomic E-state index is 0.471. The van der Waals surface area contributed by atoms with Crippen molar-refractivity contribution in [2.75, 3.05) is 6.61 Å². The molecule has 0 saturated heterocycles. The average Bonchev–Trinajstić information content (AvgIpc) is 2.04. The fraction of sp³-hybridized carbons (Fsp3) is 0.333. The maximum absolute atomic E-state index is 5.54. The first kappa shape index (κ1) is 8.81. The second kappa shape index (κ2) is 3.54. The monoisotopic (exact) mass is 338 g/mol. The van der Waals surface area contributed by atoms with E-state index in [9.17, 15) is 0 Å². The lowest BCUT2D eigenvalue weighted by Crippen LogP contribution is -2.10. The number of ether oxygens (including phenoxy) is 1. The first-order chi connectivity index (χ1) is 5.77. The molecular formula is C9H8BrIO. The molecule has 1 aliphatic rings. The number of alkyl halides is 1. The molecule has 0 aromatic heterocycles. The van der Waals surface area contributed by atoms with Crippen LogP contribution in [0.15, 0.2) is 18.2 Å². The highest BCUT2D eigenvalue weighted by Crippen LogP contribution is 2.37. The molecule has 12 heavy (non-hydrogen) atoms. The molecule has 0 radical (unpaired) electrons. The van der Waals surface area contributed by atoms with Gasteiger partial charge in [-0.15, -0.1) is 0 Å². The van der Waals surface area contributed by atoms with Crippen LogP contribution in [0.1, 0.15) is 16.8 Å². The Hall–Kier alpha value is 0.230. The molecule has 0 amide bonds. The van der Waals surface area contributed by atoms with Gasteiger partial charge in [-0.2, -0.15) is 0 Å². The van der Waals surface area contributed by atoms with Gasteiger partial charge < -0.3 is 4.74 Å². The lowest BCUT2D eigenvalue weighted by Gasteiger charge is -2.21. The van der Waals surface area contributed by atoms with E-state index in [1.165, 1.54) is 9.13 Å². The molecule has 1 aliphatic heterocycles. The fourth-order valence-corrected chi connectivity index (χ4v) is 2.35. The summed E-state index contributed by atoms with van der Waals surface area (Å²) in [5.41, 5.74) is 1.28. The summed E-state index contributed by atoms with van der Waals surface area (Å²) >= 11 is 5.93. The number of fused-ring (bicyclic) bond motifs is 1. The summed E-state index contributed by atoms with van der Waals surface area (Å²) in [6.07, 6.45) is 1.06. The third-order valence-corrected chi connectivity index (χ3v) is 3.56. The highest BCUT2D eigenvalue weighted by molar-refractivity contribution is 14.1. The van der Waals surface area contributed by atoms with Gasteiger partial charge in [0.05, 0.1) is 6.61 Å². The third kappa shape index (κ3) is 1.62. The summed E-state index contributed by atoms with van der Waals surface area (Å²) in [4.78, 5) is 0.471. The van der Waals surface area contributed by atoms with Gasteiger partial charge in [-0.3, -0.25) is 0 Å². The quantitative estimate of drug-likeness (QED) is 0.519. The van der Waals surface area contributed by atoms with Crippen LogP contribution in [0, 0.1) is 3.57 Å². The van der Waals surface area contributed by atoms with Gasteiger partial charge in [-0.1, -0.05) is 22.0 Å². The van der Waals surface area contributed by atoms with Gasteiger partial charge in [-0.05, 0) is 41.1 Å². The van der Waals surface area contributed by atoms with Gasteiger partial charge in [0.1, 0.15) is 5.75 Å². The lowest BCUT2D eigenvalue weighted by molar-refractivity contribution is 0.287. The van der Waals surface area contributed by atoms with Crippen LogP contribution in [-0.2, 0) is 0 Å². The number of rotatable bonds is 0. The Labute approximate surface area is 93.8 Å². The zero-order valence-corrected chi connectivity index (χ0v) is 10.1. The molecule has 0 fully saturated rings. The van der Waals surface area contributed by atoms with Crippen molar-refractivity contribution in [3.8, 4) is 5.75 Å². The van der Waals surface area contributed by atoms with Crippen LogP contribution >= 0.6 is 38.5 Å². The molecule has 0 aliphatic carbocycles. The molecule has 0 spiro atoms. The van der Waals surface area contributed by atoms with Gasteiger partial charge in [-0.25, -0.2) is 0 Å². The molecule has 1 aromatic rings. The number of halogens is 2. The van der Waals surface area contributed by atoms with Crippen molar-refractivity contribution < 1.29 is 4.74 Å². The SMILES string of the molecule is BrC1CCOc2cc(I)ccc21. The topological polar surface area (TPSA) is 9.23 Å². The van der Waals surface area contributed by atoms with Crippen LogP contribution in [0.4, 0.5) is 0 Å². The third-order valence-electron chi connectivity index (χ3n) is 1.94. The Kier molecular flexibility index (Phi) is 2.60. The molecule has 64 valence electrons. The average molecular weight is 339 g/mol. The molecule has 0 saturated carbocycles. The van der Waals surface area contributed by atoms with E-state index in [1.54, 1.807) is 0 Å². The lowest BCUT2D eigenvalue weighted by atomic mass is 10.1. The molecule has 1 unspecified atom stereocenters. The van der Waals surface area contributed by atoms with Crippen molar-refractivity contribution in [2.45, 2.75) is 11.2 Å². The van der Waals surface area contributed by atoms with Crippen LogP contribution in [0.2, 0.25) is 0 Å². The van der Waals surface area contributed by atoms with Crippen molar-refractivity contribution in [3.05, 3.63) is 27.3 Å². The molecule has 1 aromatic carbocycles. The van der Waals surface area contributed by atoms with Gasteiger partial charge >= 0.3 is 0 Å². The largest absolute Gasteiger partial charge is 0.493 e. The molecule has 0 N–H and O–H groups in total. The van der Waals surface area contributed by atoms with Crippen molar-refractivity contribution in [2.24, 2.45) is 0 Å². The van der Waals surface area contributed by atoms with E-state index < -0.39 is 0 Å². The van der Waals surface area contributed by atoms with Gasteiger partial charge in [0.25, 0.3) is 0 Å². The van der Waals surface area contributed by atoms with Crippen molar-refractivity contribution in [1.29, 1.82) is 0 Å². The standard InChI is InChI=1S/C9H8BrIO/c10-8-3-4-12-9-5-6(11)1-2-7(8)9/h1-2,5,8H,3-4H2. The summed E-state index contributed by atoms with van der Waals surface area (Å²) in [5.74, 6) is 1.04. The molecule has 0 bridgehead atoms. The molecular weight excluding hydrogens is 331 g/mol. The molecule has 1 nitrogen and oxygen atoms in total.